The Morgan fingerprint density at radius 3 is 2.65 bits per heavy atom. The van der Waals surface area contributed by atoms with Crippen molar-refractivity contribution in [2.45, 2.75) is 5.75 Å². The molecule has 0 aliphatic heterocycles. The quantitative estimate of drug-likeness (QED) is 0.927. The number of carbonyl (C=O) groups is 1. The van der Waals surface area contributed by atoms with E-state index in [0.717, 1.165) is 15.0 Å². The number of sulfone groups is 1. The maximum absolute atomic E-state index is 11.2. The van der Waals surface area contributed by atoms with Gasteiger partial charge in [0, 0.05) is 15.8 Å². The lowest BCUT2D eigenvalue weighted by molar-refractivity contribution is 0.0697. The number of thiophene rings is 1. The van der Waals surface area contributed by atoms with Crippen molar-refractivity contribution >= 4 is 37.2 Å². The van der Waals surface area contributed by atoms with Gasteiger partial charge in [-0.15, -0.1) is 11.3 Å². The molecule has 90 valence electrons. The molecule has 0 aliphatic carbocycles. The van der Waals surface area contributed by atoms with Gasteiger partial charge in [0.2, 0.25) is 0 Å². The Morgan fingerprint density at radius 2 is 2.06 bits per heavy atom. The normalized spacial score (nSPS) is 11.8. The SMILES string of the molecule is CS(=O)(=O)Cc1cc2cc(C(=O)O)ccc2s1. The first-order chi connectivity index (χ1) is 7.85. The molecule has 1 aromatic carbocycles. The minimum atomic E-state index is -3.06. The fourth-order valence-electron chi connectivity index (χ4n) is 1.56. The molecular weight excluding hydrogens is 260 g/mol. The molecule has 0 bridgehead atoms. The summed E-state index contributed by atoms with van der Waals surface area (Å²) in [6.45, 7) is 0. The summed E-state index contributed by atoms with van der Waals surface area (Å²) >= 11 is 1.37. The van der Waals surface area contributed by atoms with Crippen LogP contribution in [0.15, 0.2) is 24.3 Å². The van der Waals surface area contributed by atoms with E-state index >= 15 is 0 Å². The molecule has 0 saturated heterocycles. The van der Waals surface area contributed by atoms with Gasteiger partial charge >= 0.3 is 5.97 Å². The van der Waals surface area contributed by atoms with Crippen LogP contribution < -0.4 is 0 Å². The summed E-state index contributed by atoms with van der Waals surface area (Å²) in [6, 6.07) is 6.51. The Hall–Kier alpha value is -1.40. The maximum Gasteiger partial charge on any atom is 0.335 e. The number of carboxylic acid groups (broad SMARTS) is 1. The molecule has 0 aliphatic rings. The molecule has 0 atom stereocenters. The molecule has 2 rings (SSSR count). The fraction of sp³-hybridized carbons (Fsp3) is 0.182. The molecule has 0 amide bonds. The number of hydrogen-bond donors (Lipinski definition) is 1. The van der Waals surface area contributed by atoms with Crippen LogP contribution in [0, 0.1) is 0 Å². The molecule has 0 fully saturated rings. The zero-order chi connectivity index (χ0) is 12.6. The Morgan fingerprint density at radius 1 is 1.35 bits per heavy atom. The van der Waals surface area contributed by atoms with Crippen LogP contribution >= 0.6 is 11.3 Å². The van der Waals surface area contributed by atoms with Crippen molar-refractivity contribution in [3.63, 3.8) is 0 Å². The Bertz CT molecular complexity index is 683. The Balaban J connectivity index is 2.47. The predicted molar refractivity (Wildman–Crippen MR) is 67.3 cm³/mol. The van der Waals surface area contributed by atoms with Gasteiger partial charge in [-0.1, -0.05) is 0 Å². The lowest BCUT2D eigenvalue weighted by atomic mass is 10.2. The van der Waals surface area contributed by atoms with Crippen LogP contribution in [0.5, 0.6) is 0 Å². The second kappa shape index (κ2) is 4.12. The van der Waals surface area contributed by atoms with E-state index in [4.69, 9.17) is 5.11 Å². The van der Waals surface area contributed by atoms with Gasteiger partial charge in [0.05, 0.1) is 11.3 Å². The molecular formula is C11H10O4S2. The summed E-state index contributed by atoms with van der Waals surface area (Å²) in [5.74, 6) is -0.989. The van der Waals surface area contributed by atoms with Crippen LogP contribution in [-0.2, 0) is 15.6 Å². The van der Waals surface area contributed by atoms with E-state index in [1.54, 1.807) is 18.2 Å². The minimum Gasteiger partial charge on any atom is -0.478 e. The topological polar surface area (TPSA) is 71.4 Å². The minimum absolute atomic E-state index is 0.00521. The Labute approximate surface area is 102 Å². The maximum atomic E-state index is 11.2. The van der Waals surface area contributed by atoms with Gasteiger partial charge in [-0.05, 0) is 29.7 Å². The van der Waals surface area contributed by atoms with E-state index in [1.165, 1.54) is 23.7 Å². The number of rotatable bonds is 3. The number of fused-ring (bicyclic) bond motifs is 1. The number of benzene rings is 1. The van der Waals surface area contributed by atoms with Gasteiger partial charge in [-0.2, -0.15) is 0 Å². The molecule has 0 spiro atoms. The van der Waals surface area contributed by atoms with Crippen LogP contribution in [0.2, 0.25) is 0 Å². The predicted octanol–water partition coefficient (Wildman–Crippen LogP) is 2.14. The van der Waals surface area contributed by atoms with Crippen molar-refractivity contribution in [3.05, 3.63) is 34.7 Å². The van der Waals surface area contributed by atoms with E-state index in [-0.39, 0.29) is 11.3 Å². The van der Waals surface area contributed by atoms with Crippen LogP contribution in [0.1, 0.15) is 15.2 Å². The van der Waals surface area contributed by atoms with Crippen LogP contribution in [0.4, 0.5) is 0 Å². The average molecular weight is 270 g/mol. The molecule has 0 unspecified atom stereocenters. The second-order valence-electron chi connectivity index (χ2n) is 3.84. The molecule has 1 heterocycles. The van der Waals surface area contributed by atoms with E-state index in [2.05, 4.69) is 0 Å². The van der Waals surface area contributed by atoms with Gasteiger partial charge in [0.25, 0.3) is 0 Å². The monoisotopic (exact) mass is 270 g/mol. The van der Waals surface area contributed by atoms with Gasteiger partial charge in [0.1, 0.15) is 0 Å². The van der Waals surface area contributed by atoms with Gasteiger partial charge in [-0.25, -0.2) is 13.2 Å². The molecule has 0 saturated carbocycles. The van der Waals surface area contributed by atoms with Crippen molar-refractivity contribution in [1.82, 2.24) is 0 Å². The number of carboxylic acids is 1. The molecule has 17 heavy (non-hydrogen) atoms. The third-order valence-corrected chi connectivity index (χ3v) is 4.35. The zero-order valence-electron chi connectivity index (χ0n) is 9.00. The number of aromatic carboxylic acids is 1. The highest BCUT2D eigenvalue weighted by Gasteiger charge is 2.10. The largest absolute Gasteiger partial charge is 0.478 e. The molecule has 0 radical (unpaired) electrons. The van der Waals surface area contributed by atoms with E-state index < -0.39 is 15.8 Å². The summed E-state index contributed by atoms with van der Waals surface area (Å²) in [4.78, 5) is 11.5. The van der Waals surface area contributed by atoms with Crippen molar-refractivity contribution in [1.29, 1.82) is 0 Å². The fourth-order valence-corrected chi connectivity index (χ4v) is 3.88. The molecule has 6 heteroatoms. The first-order valence-corrected chi connectivity index (χ1v) is 7.66. The third kappa shape index (κ3) is 2.83. The van der Waals surface area contributed by atoms with Crippen molar-refractivity contribution in [2.24, 2.45) is 0 Å². The highest BCUT2D eigenvalue weighted by Crippen LogP contribution is 2.27. The zero-order valence-corrected chi connectivity index (χ0v) is 10.6. The first-order valence-electron chi connectivity index (χ1n) is 4.79. The van der Waals surface area contributed by atoms with E-state index in [0.29, 0.717) is 0 Å². The summed E-state index contributed by atoms with van der Waals surface area (Å²) in [7, 11) is -3.06. The average Bonchev–Trinajstić information content (AvgIpc) is 2.54. The number of hydrogen-bond acceptors (Lipinski definition) is 4. The van der Waals surface area contributed by atoms with Gasteiger partial charge in [-0.3, -0.25) is 0 Å². The smallest absolute Gasteiger partial charge is 0.335 e. The van der Waals surface area contributed by atoms with Crippen molar-refractivity contribution in [2.75, 3.05) is 6.26 Å². The van der Waals surface area contributed by atoms with Gasteiger partial charge in [0.15, 0.2) is 9.84 Å². The molecule has 1 N–H and O–H groups in total. The molecule has 1 aromatic heterocycles. The van der Waals surface area contributed by atoms with Crippen LogP contribution in [0.3, 0.4) is 0 Å². The lowest BCUT2D eigenvalue weighted by Crippen LogP contribution is -1.98. The van der Waals surface area contributed by atoms with Crippen molar-refractivity contribution < 1.29 is 18.3 Å². The first kappa shape index (κ1) is 12.1. The molecule has 4 nitrogen and oxygen atoms in total. The second-order valence-corrected chi connectivity index (χ2v) is 7.15. The molecule has 2 aromatic rings. The highest BCUT2D eigenvalue weighted by atomic mass is 32.2. The summed E-state index contributed by atoms with van der Waals surface area (Å²) in [6.07, 6.45) is 1.18. The summed E-state index contributed by atoms with van der Waals surface area (Å²) in [5, 5.41) is 9.62. The van der Waals surface area contributed by atoms with Gasteiger partial charge < -0.3 is 5.11 Å². The van der Waals surface area contributed by atoms with E-state index in [9.17, 15) is 13.2 Å². The van der Waals surface area contributed by atoms with Crippen LogP contribution in [0.25, 0.3) is 10.1 Å². The lowest BCUT2D eigenvalue weighted by Gasteiger charge is -1.92. The van der Waals surface area contributed by atoms with Crippen molar-refractivity contribution in [3.8, 4) is 0 Å². The third-order valence-electron chi connectivity index (χ3n) is 2.22. The highest BCUT2D eigenvalue weighted by molar-refractivity contribution is 7.90. The standard InChI is InChI=1S/C11H10O4S2/c1-17(14,15)6-9-5-8-4-7(11(12)13)2-3-10(8)16-9/h2-5H,6H2,1H3,(H,12,13). The van der Waals surface area contributed by atoms with Crippen LogP contribution in [-0.4, -0.2) is 25.7 Å². The summed E-state index contributed by atoms with van der Waals surface area (Å²) < 4.78 is 23.2. The van der Waals surface area contributed by atoms with E-state index in [1.807, 2.05) is 0 Å². The summed E-state index contributed by atoms with van der Waals surface area (Å²) in [5.41, 5.74) is 0.209. The Kier molecular flexibility index (Phi) is 2.92.